The van der Waals surface area contributed by atoms with E-state index >= 15 is 0 Å². The van der Waals surface area contributed by atoms with Crippen LogP contribution in [-0.2, 0) is 11.3 Å². The lowest BCUT2D eigenvalue weighted by Gasteiger charge is -2.22. The van der Waals surface area contributed by atoms with Crippen molar-refractivity contribution in [2.24, 2.45) is 5.92 Å². The van der Waals surface area contributed by atoms with Crippen molar-refractivity contribution in [1.29, 1.82) is 0 Å². The molecule has 0 atom stereocenters. The van der Waals surface area contributed by atoms with E-state index in [4.69, 9.17) is 4.74 Å². The minimum Gasteiger partial charge on any atom is -0.505 e. The Balaban J connectivity index is 1.88. The van der Waals surface area contributed by atoms with Gasteiger partial charge in [-0.25, -0.2) is 9.78 Å². The van der Waals surface area contributed by atoms with Crippen molar-refractivity contribution in [3.05, 3.63) is 24.2 Å². The highest BCUT2D eigenvalue weighted by molar-refractivity contribution is 5.98. The van der Waals surface area contributed by atoms with Crippen LogP contribution >= 0.6 is 0 Å². The second kappa shape index (κ2) is 6.38. The molecule has 1 aliphatic rings. The van der Waals surface area contributed by atoms with Gasteiger partial charge in [0.15, 0.2) is 11.4 Å². The van der Waals surface area contributed by atoms with E-state index in [2.05, 4.69) is 9.55 Å². The Kier molecular flexibility index (Phi) is 4.32. The van der Waals surface area contributed by atoms with Gasteiger partial charge in [0, 0.05) is 18.1 Å². The van der Waals surface area contributed by atoms with Gasteiger partial charge in [0.25, 0.3) is 0 Å². The molecule has 0 amide bonds. The Labute approximate surface area is 129 Å². The third-order valence-corrected chi connectivity index (χ3v) is 4.45. The molecule has 2 heterocycles. The second-order valence-corrected chi connectivity index (χ2v) is 5.95. The normalized spacial score (nSPS) is 16.0. The van der Waals surface area contributed by atoms with Crippen LogP contribution < -0.4 is 0 Å². The fourth-order valence-corrected chi connectivity index (χ4v) is 3.30. The fraction of sp³-hybridized carbons (Fsp3) is 0.529. The van der Waals surface area contributed by atoms with Crippen molar-refractivity contribution in [2.75, 3.05) is 6.61 Å². The molecule has 0 radical (unpaired) electrons. The van der Waals surface area contributed by atoms with E-state index < -0.39 is 5.97 Å². The van der Waals surface area contributed by atoms with Crippen LogP contribution in [0.4, 0.5) is 0 Å². The number of pyridine rings is 1. The summed E-state index contributed by atoms with van der Waals surface area (Å²) in [5, 5.41) is 11.0. The summed E-state index contributed by atoms with van der Waals surface area (Å²) >= 11 is 0. The molecular formula is C17H22N2O3. The van der Waals surface area contributed by atoms with E-state index in [1.54, 1.807) is 13.1 Å². The van der Waals surface area contributed by atoms with Crippen LogP contribution in [-0.4, -0.2) is 27.2 Å². The summed E-state index contributed by atoms with van der Waals surface area (Å²) < 4.78 is 7.05. The molecule has 1 fully saturated rings. The van der Waals surface area contributed by atoms with Crippen LogP contribution in [0.15, 0.2) is 18.5 Å². The molecule has 2 aromatic rings. The standard InChI is InChI=1S/C17H22N2O3/c1-2-22-17(21)15-16(20)13-8-9-19(14(13)10-18-15)11-12-6-4-3-5-7-12/h8-10,12,20H,2-7,11H2,1H3. The van der Waals surface area contributed by atoms with Crippen molar-refractivity contribution in [3.63, 3.8) is 0 Å². The van der Waals surface area contributed by atoms with Gasteiger partial charge >= 0.3 is 5.97 Å². The zero-order chi connectivity index (χ0) is 15.5. The van der Waals surface area contributed by atoms with Crippen molar-refractivity contribution in [1.82, 2.24) is 9.55 Å². The number of carbonyl (C=O) groups is 1. The molecule has 0 spiro atoms. The van der Waals surface area contributed by atoms with Crippen LogP contribution in [0.25, 0.3) is 10.9 Å². The molecule has 1 saturated carbocycles. The third kappa shape index (κ3) is 2.80. The Morgan fingerprint density at radius 1 is 1.41 bits per heavy atom. The van der Waals surface area contributed by atoms with Crippen LogP contribution in [0.2, 0.25) is 0 Å². The monoisotopic (exact) mass is 302 g/mol. The van der Waals surface area contributed by atoms with Crippen LogP contribution in [0, 0.1) is 5.92 Å². The molecule has 5 heteroatoms. The lowest BCUT2D eigenvalue weighted by molar-refractivity contribution is 0.0516. The maximum Gasteiger partial charge on any atom is 0.360 e. The molecule has 0 bridgehead atoms. The Morgan fingerprint density at radius 2 is 2.18 bits per heavy atom. The van der Waals surface area contributed by atoms with Crippen LogP contribution in [0.3, 0.4) is 0 Å². The number of aromatic nitrogens is 2. The van der Waals surface area contributed by atoms with Gasteiger partial charge < -0.3 is 14.4 Å². The van der Waals surface area contributed by atoms with Gasteiger partial charge in [-0.2, -0.15) is 0 Å². The van der Waals surface area contributed by atoms with E-state index in [1.807, 2.05) is 12.3 Å². The zero-order valence-electron chi connectivity index (χ0n) is 12.9. The Morgan fingerprint density at radius 3 is 2.91 bits per heavy atom. The summed E-state index contributed by atoms with van der Waals surface area (Å²) in [4.78, 5) is 15.9. The summed E-state index contributed by atoms with van der Waals surface area (Å²) in [7, 11) is 0. The molecular weight excluding hydrogens is 280 g/mol. The Bertz CT molecular complexity index is 672. The number of hydrogen-bond acceptors (Lipinski definition) is 4. The van der Waals surface area contributed by atoms with Gasteiger partial charge in [-0.1, -0.05) is 19.3 Å². The minimum atomic E-state index is -0.582. The Hall–Kier alpha value is -2.04. The number of hydrogen-bond donors (Lipinski definition) is 1. The maximum absolute atomic E-state index is 11.8. The first-order chi connectivity index (χ1) is 10.7. The predicted octanol–water partition coefficient (Wildman–Crippen LogP) is 3.50. The zero-order valence-corrected chi connectivity index (χ0v) is 12.9. The van der Waals surface area contributed by atoms with Crippen LogP contribution in [0.5, 0.6) is 5.75 Å². The topological polar surface area (TPSA) is 64.3 Å². The van der Waals surface area contributed by atoms with E-state index in [0.29, 0.717) is 11.3 Å². The average Bonchev–Trinajstić information content (AvgIpc) is 2.93. The molecule has 1 aliphatic carbocycles. The fourth-order valence-electron chi connectivity index (χ4n) is 3.30. The highest BCUT2D eigenvalue weighted by Crippen LogP contribution is 2.31. The van der Waals surface area contributed by atoms with Crippen molar-refractivity contribution < 1.29 is 14.6 Å². The van der Waals surface area contributed by atoms with Gasteiger partial charge in [-0.05, 0) is 31.7 Å². The van der Waals surface area contributed by atoms with Gasteiger partial charge in [0.05, 0.1) is 18.3 Å². The van der Waals surface area contributed by atoms with Crippen molar-refractivity contribution in [2.45, 2.75) is 45.6 Å². The number of esters is 1. The molecule has 0 unspecified atom stereocenters. The summed E-state index contributed by atoms with van der Waals surface area (Å²) in [6.07, 6.45) is 10.1. The second-order valence-electron chi connectivity index (χ2n) is 5.95. The molecule has 22 heavy (non-hydrogen) atoms. The molecule has 5 nitrogen and oxygen atoms in total. The van der Waals surface area contributed by atoms with Gasteiger partial charge in [-0.15, -0.1) is 0 Å². The van der Waals surface area contributed by atoms with E-state index in [-0.39, 0.29) is 18.1 Å². The highest BCUT2D eigenvalue weighted by atomic mass is 16.5. The van der Waals surface area contributed by atoms with Crippen molar-refractivity contribution >= 4 is 16.9 Å². The molecule has 0 aromatic carbocycles. The summed E-state index contributed by atoms with van der Waals surface area (Å²) in [5.74, 6) is 0.0245. The molecule has 1 N–H and O–H groups in total. The van der Waals surface area contributed by atoms with E-state index in [9.17, 15) is 9.90 Å². The van der Waals surface area contributed by atoms with Gasteiger partial charge in [0.2, 0.25) is 0 Å². The number of rotatable bonds is 4. The van der Waals surface area contributed by atoms with E-state index in [1.165, 1.54) is 32.1 Å². The molecule has 3 rings (SSSR count). The smallest absolute Gasteiger partial charge is 0.360 e. The highest BCUT2D eigenvalue weighted by Gasteiger charge is 2.20. The quantitative estimate of drug-likeness (QED) is 0.878. The summed E-state index contributed by atoms with van der Waals surface area (Å²) in [5.41, 5.74) is 0.862. The summed E-state index contributed by atoms with van der Waals surface area (Å²) in [6.45, 7) is 2.94. The number of ether oxygens (including phenoxy) is 1. The largest absolute Gasteiger partial charge is 0.505 e. The molecule has 2 aromatic heterocycles. The SMILES string of the molecule is CCOC(=O)c1ncc2c(ccn2CC2CCCCC2)c1O. The maximum atomic E-state index is 11.8. The molecule has 118 valence electrons. The van der Waals surface area contributed by atoms with E-state index in [0.717, 1.165) is 12.1 Å². The van der Waals surface area contributed by atoms with Gasteiger partial charge in [0.1, 0.15) is 0 Å². The molecule has 0 aliphatic heterocycles. The first-order valence-electron chi connectivity index (χ1n) is 8.04. The first kappa shape index (κ1) is 14.9. The lowest BCUT2D eigenvalue weighted by atomic mass is 9.89. The lowest BCUT2D eigenvalue weighted by Crippen LogP contribution is -2.13. The average molecular weight is 302 g/mol. The third-order valence-electron chi connectivity index (χ3n) is 4.45. The first-order valence-corrected chi connectivity index (χ1v) is 8.04. The van der Waals surface area contributed by atoms with Crippen molar-refractivity contribution in [3.8, 4) is 5.75 Å². The minimum absolute atomic E-state index is 0.00948. The predicted molar refractivity (Wildman–Crippen MR) is 83.9 cm³/mol. The number of nitrogens with zero attached hydrogens (tertiary/aromatic N) is 2. The molecule has 0 saturated heterocycles. The number of fused-ring (bicyclic) bond motifs is 1. The number of carbonyl (C=O) groups excluding carboxylic acids is 1. The van der Waals surface area contributed by atoms with Crippen LogP contribution in [0.1, 0.15) is 49.5 Å². The van der Waals surface area contributed by atoms with Gasteiger partial charge in [-0.3, -0.25) is 0 Å². The number of aromatic hydroxyl groups is 1. The summed E-state index contributed by atoms with van der Waals surface area (Å²) in [6, 6.07) is 1.85.